The number of pyridine rings is 1. The topological polar surface area (TPSA) is 44.5 Å². The molecule has 4 heteroatoms. The summed E-state index contributed by atoms with van der Waals surface area (Å²) in [5.41, 5.74) is 2.78. The quantitative estimate of drug-likeness (QED) is 0.724. The number of rotatable bonds is 4. The minimum Gasteiger partial charge on any atom is -0.497 e. The molecule has 1 aromatic carbocycles. The third kappa shape index (κ3) is 2.33. The summed E-state index contributed by atoms with van der Waals surface area (Å²) in [6.45, 7) is 2.11. The monoisotopic (exact) mass is 283 g/mol. The molecule has 2 heterocycles. The molecule has 0 amide bonds. The molecule has 108 valence electrons. The first-order valence-electron chi connectivity index (χ1n) is 6.87. The molecule has 2 aromatic heterocycles. The maximum Gasteiger partial charge on any atom is 0.230 e. The molecule has 0 saturated carbocycles. The summed E-state index contributed by atoms with van der Waals surface area (Å²) in [4.78, 5) is 4.37. The Morgan fingerprint density at radius 3 is 2.38 bits per heavy atom. The number of methoxy groups -OCH3 is 2. The number of fused-ring (bicyclic) bond motifs is 1. The summed E-state index contributed by atoms with van der Waals surface area (Å²) in [6.07, 6.45) is 0.877. The Kier molecular flexibility index (Phi) is 3.52. The third-order valence-corrected chi connectivity index (χ3v) is 3.55. The van der Waals surface area contributed by atoms with Crippen LogP contribution in [0.25, 0.3) is 22.4 Å². The van der Waals surface area contributed by atoms with E-state index in [9.17, 15) is 0 Å². The van der Waals surface area contributed by atoms with Gasteiger partial charge in [-0.2, -0.15) is 4.98 Å². The number of benzene rings is 1. The summed E-state index contributed by atoms with van der Waals surface area (Å²) < 4.78 is 16.3. The Labute approximate surface area is 123 Å². The minimum atomic E-state index is 0.556. The molecular formula is C17H17NO3. The highest BCUT2D eigenvalue weighted by Gasteiger charge is 2.16. The average Bonchev–Trinajstić information content (AvgIpc) is 2.92. The van der Waals surface area contributed by atoms with Crippen LogP contribution in [-0.4, -0.2) is 19.2 Å². The van der Waals surface area contributed by atoms with Gasteiger partial charge in [-0.05, 0) is 36.8 Å². The number of hydrogen-bond acceptors (Lipinski definition) is 4. The molecule has 3 rings (SSSR count). The molecule has 0 N–H and O–H groups in total. The molecule has 0 bridgehead atoms. The summed E-state index contributed by atoms with van der Waals surface area (Å²) in [7, 11) is 3.26. The number of aryl methyl sites for hydroxylation is 1. The largest absolute Gasteiger partial charge is 0.497 e. The van der Waals surface area contributed by atoms with E-state index in [1.54, 1.807) is 14.2 Å². The second-order valence-corrected chi connectivity index (χ2v) is 4.70. The highest BCUT2D eigenvalue weighted by atomic mass is 16.5. The summed E-state index contributed by atoms with van der Waals surface area (Å²) in [6, 6.07) is 11.7. The Morgan fingerprint density at radius 2 is 1.76 bits per heavy atom. The van der Waals surface area contributed by atoms with Crippen molar-refractivity contribution in [1.82, 2.24) is 4.98 Å². The fourth-order valence-corrected chi connectivity index (χ4v) is 2.45. The van der Waals surface area contributed by atoms with Crippen LogP contribution in [0.1, 0.15) is 12.5 Å². The molecule has 0 aliphatic heterocycles. The van der Waals surface area contributed by atoms with Gasteiger partial charge in [0.2, 0.25) is 11.6 Å². The number of ether oxygens (including phenoxy) is 2. The smallest absolute Gasteiger partial charge is 0.230 e. The van der Waals surface area contributed by atoms with Gasteiger partial charge in [-0.3, -0.25) is 0 Å². The van der Waals surface area contributed by atoms with Crippen LogP contribution in [0, 0.1) is 0 Å². The zero-order valence-electron chi connectivity index (χ0n) is 12.3. The van der Waals surface area contributed by atoms with Crippen LogP contribution in [0.4, 0.5) is 0 Å². The van der Waals surface area contributed by atoms with E-state index in [0.29, 0.717) is 11.6 Å². The SMILES string of the molecule is CCc1c(-c2ccc(OC)cc2)oc2nc(OC)ccc12. The molecule has 21 heavy (non-hydrogen) atoms. The fraction of sp³-hybridized carbons (Fsp3) is 0.235. The molecule has 0 radical (unpaired) electrons. The second-order valence-electron chi connectivity index (χ2n) is 4.70. The zero-order valence-corrected chi connectivity index (χ0v) is 12.3. The van der Waals surface area contributed by atoms with E-state index in [2.05, 4.69) is 11.9 Å². The lowest BCUT2D eigenvalue weighted by Gasteiger charge is -2.02. The van der Waals surface area contributed by atoms with Crippen molar-refractivity contribution in [2.24, 2.45) is 0 Å². The van der Waals surface area contributed by atoms with Gasteiger partial charge in [0.1, 0.15) is 11.5 Å². The van der Waals surface area contributed by atoms with Gasteiger partial charge in [-0.1, -0.05) is 6.92 Å². The van der Waals surface area contributed by atoms with Gasteiger partial charge in [0, 0.05) is 22.6 Å². The van der Waals surface area contributed by atoms with Crippen LogP contribution in [0.5, 0.6) is 11.6 Å². The first-order valence-corrected chi connectivity index (χ1v) is 6.87. The van der Waals surface area contributed by atoms with Crippen LogP contribution >= 0.6 is 0 Å². The Balaban J connectivity index is 2.16. The first-order chi connectivity index (χ1) is 10.3. The molecule has 3 aromatic rings. The van der Waals surface area contributed by atoms with Crippen molar-refractivity contribution in [1.29, 1.82) is 0 Å². The molecule has 0 aliphatic carbocycles. The van der Waals surface area contributed by atoms with Crippen LogP contribution in [0.3, 0.4) is 0 Å². The molecule has 4 nitrogen and oxygen atoms in total. The number of furan rings is 1. The van der Waals surface area contributed by atoms with E-state index in [0.717, 1.165) is 34.4 Å². The highest BCUT2D eigenvalue weighted by Crippen LogP contribution is 2.34. The van der Waals surface area contributed by atoms with Gasteiger partial charge >= 0.3 is 0 Å². The lowest BCUT2D eigenvalue weighted by atomic mass is 10.0. The van der Waals surface area contributed by atoms with Crippen LogP contribution in [-0.2, 0) is 6.42 Å². The molecule has 0 saturated heterocycles. The van der Waals surface area contributed by atoms with E-state index < -0.39 is 0 Å². The fourth-order valence-electron chi connectivity index (χ4n) is 2.45. The van der Waals surface area contributed by atoms with Gasteiger partial charge in [0.15, 0.2) is 0 Å². The lowest BCUT2D eigenvalue weighted by Crippen LogP contribution is -1.87. The van der Waals surface area contributed by atoms with Crippen molar-refractivity contribution in [3.8, 4) is 23.0 Å². The lowest BCUT2D eigenvalue weighted by molar-refractivity contribution is 0.397. The van der Waals surface area contributed by atoms with Crippen molar-refractivity contribution in [3.63, 3.8) is 0 Å². The molecule has 0 fully saturated rings. The number of hydrogen-bond donors (Lipinski definition) is 0. The van der Waals surface area contributed by atoms with Gasteiger partial charge in [-0.15, -0.1) is 0 Å². The normalized spacial score (nSPS) is 10.8. The standard InChI is InChI=1S/C17H17NO3/c1-4-13-14-9-10-15(20-3)18-17(14)21-16(13)11-5-7-12(19-2)8-6-11/h5-10H,4H2,1-3H3. The van der Waals surface area contributed by atoms with Gasteiger partial charge < -0.3 is 13.9 Å². The molecule has 0 spiro atoms. The minimum absolute atomic E-state index is 0.556. The predicted octanol–water partition coefficient (Wildman–Crippen LogP) is 4.07. The predicted molar refractivity (Wildman–Crippen MR) is 81.9 cm³/mol. The summed E-state index contributed by atoms with van der Waals surface area (Å²) >= 11 is 0. The number of nitrogens with zero attached hydrogens (tertiary/aromatic N) is 1. The Hall–Kier alpha value is -2.49. The van der Waals surface area contributed by atoms with Crippen molar-refractivity contribution in [2.75, 3.05) is 14.2 Å². The highest BCUT2D eigenvalue weighted by molar-refractivity contribution is 5.86. The molecular weight excluding hydrogens is 266 g/mol. The maximum atomic E-state index is 5.96. The first kappa shape index (κ1) is 13.5. The Morgan fingerprint density at radius 1 is 1.00 bits per heavy atom. The zero-order chi connectivity index (χ0) is 14.8. The molecule has 0 aliphatic rings. The third-order valence-electron chi connectivity index (χ3n) is 3.55. The van der Waals surface area contributed by atoms with Gasteiger partial charge in [0.25, 0.3) is 0 Å². The van der Waals surface area contributed by atoms with Crippen molar-refractivity contribution < 1.29 is 13.9 Å². The molecule has 0 unspecified atom stereocenters. The van der Waals surface area contributed by atoms with Crippen LogP contribution < -0.4 is 9.47 Å². The van der Waals surface area contributed by atoms with Crippen LogP contribution in [0.15, 0.2) is 40.8 Å². The Bertz CT molecular complexity index is 760. The van der Waals surface area contributed by atoms with Gasteiger partial charge in [-0.25, -0.2) is 0 Å². The van der Waals surface area contributed by atoms with E-state index in [-0.39, 0.29) is 0 Å². The maximum absolute atomic E-state index is 5.96. The molecule has 0 atom stereocenters. The van der Waals surface area contributed by atoms with E-state index >= 15 is 0 Å². The van der Waals surface area contributed by atoms with E-state index in [4.69, 9.17) is 13.9 Å². The van der Waals surface area contributed by atoms with Crippen molar-refractivity contribution in [3.05, 3.63) is 42.0 Å². The van der Waals surface area contributed by atoms with Crippen molar-refractivity contribution in [2.45, 2.75) is 13.3 Å². The second kappa shape index (κ2) is 5.48. The number of aromatic nitrogens is 1. The van der Waals surface area contributed by atoms with E-state index in [1.165, 1.54) is 0 Å². The van der Waals surface area contributed by atoms with E-state index in [1.807, 2.05) is 36.4 Å². The summed E-state index contributed by atoms with van der Waals surface area (Å²) in [5, 5.41) is 1.03. The summed E-state index contributed by atoms with van der Waals surface area (Å²) in [5.74, 6) is 2.24. The average molecular weight is 283 g/mol. The van der Waals surface area contributed by atoms with Gasteiger partial charge in [0.05, 0.1) is 14.2 Å². The van der Waals surface area contributed by atoms with Crippen LogP contribution in [0.2, 0.25) is 0 Å². The van der Waals surface area contributed by atoms with Crippen molar-refractivity contribution >= 4 is 11.1 Å².